The Balaban J connectivity index is 0.00000243. The minimum Gasteiger partial charge on any atom is -0.356 e. The summed E-state index contributed by atoms with van der Waals surface area (Å²) in [7, 11) is 3.78. The van der Waals surface area contributed by atoms with Crippen LogP contribution in [-0.2, 0) is 19.0 Å². The van der Waals surface area contributed by atoms with Crippen molar-refractivity contribution >= 4 is 41.5 Å². The smallest absolute Gasteiger partial charge is 0.191 e. The van der Waals surface area contributed by atoms with Crippen molar-refractivity contribution in [1.29, 1.82) is 0 Å². The van der Waals surface area contributed by atoms with Crippen molar-refractivity contribution in [3.63, 3.8) is 0 Å². The standard InChI is InChI=1S/C19H26ClN5.HI/c1-13-17(14(2)25(4)24-13)11-22-18(21-3)23-12-19(9-10-19)15-5-7-16(20)8-6-15;/h5-8H,9-12H2,1-4H3,(H2,21,22,23);1H. The fourth-order valence-electron chi connectivity index (χ4n) is 3.24. The fraction of sp³-hybridized carbons (Fsp3) is 0.474. The van der Waals surface area contributed by atoms with Crippen LogP contribution < -0.4 is 10.6 Å². The van der Waals surface area contributed by atoms with E-state index in [-0.39, 0.29) is 29.4 Å². The highest BCUT2D eigenvalue weighted by molar-refractivity contribution is 14.0. The Hall–Kier alpha value is -1.28. The van der Waals surface area contributed by atoms with Crippen molar-refractivity contribution < 1.29 is 0 Å². The number of hydrogen-bond donors (Lipinski definition) is 2. The number of benzene rings is 1. The van der Waals surface area contributed by atoms with Gasteiger partial charge in [0.15, 0.2) is 5.96 Å². The Morgan fingerprint density at radius 3 is 2.38 bits per heavy atom. The fourth-order valence-corrected chi connectivity index (χ4v) is 3.37. The molecule has 0 unspecified atom stereocenters. The zero-order valence-corrected chi connectivity index (χ0v) is 18.9. The summed E-state index contributed by atoms with van der Waals surface area (Å²) in [4.78, 5) is 4.35. The normalized spacial score (nSPS) is 15.3. The predicted molar refractivity (Wildman–Crippen MR) is 119 cm³/mol. The highest BCUT2D eigenvalue weighted by atomic mass is 127. The summed E-state index contributed by atoms with van der Waals surface area (Å²) in [6.45, 7) is 5.73. The Bertz CT molecular complexity index is 778. The van der Waals surface area contributed by atoms with Crippen LogP contribution in [0.15, 0.2) is 29.3 Å². The third-order valence-corrected chi connectivity index (χ3v) is 5.47. The van der Waals surface area contributed by atoms with Gasteiger partial charge in [-0.3, -0.25) is 9.67 Å². The van der Waals surface area contributed by atoms with E-state index in [0.717, 1.165) is 29.8 Å². The Labute approximate surface area is 177 Å². The first kappa shape index (κ1) is 21.0. The number of nitrogens with zero attached hydrogens (tertiary/aromatic N) is 3. The highest BCUT2D eigenvalue weighted by Gasteiger charge is 2.44. The van der Waals surface area contributed by atoms with Crippen LogP contribution in [0.25, 0.3) is 0 Å². The maximum Gasteiger partial charge on any atom is 0.191 e. The zero-order chi connectivity index (χ0) is 18.0. The second-order valence-electron chi connectivity index (χ2n) is 6.84. The van der Waals surface area contributed by atoms with E-state index in [2.05, 4.69) is 39.8 Å². The van der Waals surface area contributed by atoms with Gasteiger partial charge in [-0.15, -0.1) is 24.0 Å². The van der Waals surface area contributed by atoms with E-state index in [1.807, 2.05) is 30.8 Å². The molecule has 1 aliphatic carbocycles. The van der Waals surface area contributed by atoms with Gasteiger partial charge in [0.05, 0.1) is 5.69 Å². The molecule has 0 radical (unpaired) electrons. The lowest BCUT2D eigenvalue weighted by atomic mass is 9.96. The Kier molecular flexibility index (Phi) is 6.96. The molecule has 1 fully saturated rings. The molecule has 0 amide bonds. The summed E-state index contributed by atoms with van der Waals surface area (Å²) in [5.41, 5.74) is 5.02. The van der Waals surface area contributed by atoms with E-state index in [1.54, 1.807) is 7.05 Å². The molecule has 0 atom stereocenters. The van der Waals surface area contributed by atoms with Crippen molar-refractivity contribution in [3.8, 4) is 0 Å². The lowest BCUT2D eigenvalue weighted by Gasteiger charge is -2.19. The van der Waals surface area contributed by atoms with E-state index < -0.39 is 0 Å². The van der Waals surface area contributed by atoms with Crippen LogP contribution in [0.1, 0.15) is 35.4 Å². The second-order valence-corrected chi connectivity index (χ2v) is 7.28. The summed E-state index contributed by atoms with van der Waals surface area (Å²) in [5, 5.41) is 12.1. The van der Waals surface area contributed by atoms with Gasteiger partial charge in [0, 0.05) is 48.9 Å². The molecule has 1 aromatic heterocycles. The summed E-state index contributed by atoms with van der Waals surface area (Å²) in [6, 6.07) is 8.21. The van der Waals surface area contributed by atoms with Gasteiger partial charge < -0.3 is 10.6 Å². The second kappa shape index (κ2) is 8.61. The van der Waals surface area contributed by atoms with Gasteiger partial charge >= 0.3 is 0 Å². The first-order valence-electron chi connectivity index (χ1n) is 8.65. The van der Waals surface area contributed by atoms with Gasteiger partial charge in [-0.05, 0) is 44.4 Å². The molecule has 2 N–H and O–H groups in total. The number of aliphatic imine (C=N–C) groups is 1. The van der Waals surface area contributed by atoms with E-state index in [0.29, 0.717) is 0 Å². The third-order valence-electron chi connectivity index (χ3n) is 5.22. The van der Waals surface area contributed by atoms with Crippen LogP contribution in [0.5, 0.6) is 0 Å². The summed E-state index contributed by atoms with van der Waals surface area (Å²) in [5.74, 6) is 0.822. The van der Waals surface area contributed by atoms with E-state index in [1.165, 1.54) is 29.7 Å². The van der Waals surface area contributed by atoms with Gasteiger partial charge in [-0.25, -0.2) is 0 Å². The van der Waals surface area contributed by atoms with Crippen molar-refractivity contribution in [2.24, 2.45) is 12.0 Å². The quantitative estimate of drug-likeness (QED) is 0.384. The molecule has 142 valence electrons. The molecular weight excluding hydrogens is 461 g/mol. The largest absolute Gasteiger partial charge is 0.356 e. The summed E-state index contributed by atoms with van der Waals surface area (Å²) in [6.07, 6.45) is 2.39. The monoisotopic (exact) mass is 487 g/mol. The maximum atomic E-state index is 6.01. The Morgan fingerprint density at radius 2 is 1.88 bits per heavy atom. The van der Waals surface area contributed by atoms with E-state index in [9.17, 15) is 0 Å². The van der Waals surface area contributed by atoms with E-state index in [4.69, 9.17) is 11.6 Å². The molecule has 0 bridgehead atoms. The molecule has 0 aliphatic heterocycles. The van der Waals surface area contributed by atoms with Crippen LogP contribution in [0.3, 0.4) is 0 Å². The number of rotatable bonds is 5. The highest BCUT2D eigenvalue weighted by Crippen LogP contribution is 2.47. The van der Waals surface area contributed by atoms with Gasteiger partial charge in [-0.1, -0.05) is 23.7 Å². The van der Waals surface area contributed by atoms with Crippen molar-refractivity contribution in [2.45, 2.75) is 38.6 Å². The van der Waals surface area contributed by atoms with Crippen LogP contribution in [0.2, 0.25) is 5.02 Å². The molecule has 2 aromatic rings. The topological polar surface area (TPSA) is 54.2 Å². The average Bonchev–Trinajstić information content (AvgIpc) is 3.34. The third kappa shape index (κ3) is 4.52. The molecule has 5 nitrogen and oxygen atoms in total. The van der Waals surface area contributed by atoms with Gasteiger partial charge in [-0.2, -0.15) is 5.10 Å². The lowest BCUT2D eigenvalue weighted by Crippen LogP contribution is -2.41. The first-order valence-corrected chi connectivity index (χ1v) is 9.02. The number of hydrogen-bond acceptors (Lipinski definition) is 2. The predicted octanol–water partition coefficient (Wildman–Crippen LogP) is 3.71. The van der Waals surface area contributed by atoms with Gasteiger partial charge in [0.2, 0.25) is 0 Å². The van der Waals surface area contributed by atoms with Crippen LogP contribution in [0, 0.1) is 13.8 Å². The lowest BCUT2D eigenvalue weighted by molar-refractivity contribution is 0.645. The average molecular weight is 488 g/mol. The van der Waals surface area contributed by atoms with Gasteiger partial charge in [0.25, 0.3) is 0 Å². The number of aromatic nitrogens is 2. The van der Waals surface area contributed by atoms with Crippen LogP contribution >= 0.6 is 35.6 Å². The van der Waals surface area contributed by atoms with Gasteiger partial charge in [0.1, 0.15) is 0 Å². The van der Waals surface area contributed by atoms with Crippen LogP contribution in [0.4, 0.5) is 0 Å². The summed E-state index contributed by atoms with van der Waals surface area (Å²) >= 11 is 6.01. The zero-order valence-electron chi connectivity index (χ0n) is 15.8. The van der Waals surface area contributed by atoms with Crippen LogP contribution in [-0.4, -0.2) is 29.3 Å². The summed E-state index contributed by atoms with van der Waals surface area (Å²) < 4.78 is 1.92. The number of guanidine groups is 1. The van der Waals surface area contributed by atoms with Crippen molar-refractivity contribution in [3.05, 3.63) is 51.8 Å². The molecule has 7 heteroatoms. The number of nitrogens with one attached hydrogen (secondary N) is 2. The van der Waals surface area contributed by atoms with Crippen molar-refractivity contribution in [2.75, 3.05) is 13.6 Å². The molecule has 1 saturated carbocycles. The molecule has 0 spiro atoms. The molecule has 0 saturated heterocycles. The molecule has 1 heterocycles. The molecular formula is C19H27ClIN5. The Morgan fingerprint density at radius 1 is 1.23 bits per heavy atom. The van der Waals surface area contributed by atoms with Crippen molar-refractivity contribution in [1.82, 2.24) is 20.4 Å². The first-order chi connectivity index (χ1) is 11.9. The minimum atomic E-state index is 0. The number of halogens is 2. The maximum absolute atomic E-state index is 6.01. The molecule has 26 heavy (non-hydrogen) atoms. The van der Waals surface area contributed by atoms with E-state index >= 15 is 0 Å². The number of aryl methyl sites for hydroxylation is 2. The molecule has 1 aliphatic rings. The molecule has 3 rings (SSSR count). The SMILES string of the molecule is CN=C(NCc1c(C)nn(C)c1C)NCC1(c2ccc(Cl)cc2)CC1.I. The minimum absolute atomic E-state index is 0. The molecule has 1 aromatic carbocycles.